The molecule has 0 saturated carbocycles. The van der Waals surface area contributed by atoms with Gasteiger partial charge >= 0.3 is 0 Å². The molecule has 9 heteroatoms. The van der Waals surface area contributed by atoms with Crippen molar-refractivity contribution in [1.29, 1.82) is 0 Å². The van der Waals surface area contributed by atoms with Crippen LogP contribution in [-0.2, 0) is 16.2 Å². The van der Waals surface area contributed by atoms with Crippen LogP contribution in [0.2, 0.25) is 5.02 Å². The summed E-state index contributed by atoms with van der Waals surface area (Å²) in [5, 5.41) is 0.710. The molecule has 2 amide bonds. The van der Waals surface area contributed by atoms with Gasteiger partial charge in [0.25, 0.3) is 11.8 Å². The number of hydrogen-bond acceptors (Lipinski definition) is 5. The topological polar surface area (TPSA) is 59.1 Å². The normalized spacial score (nSPS) is 13.5. The smallest absolute Gasteiger partial charge is 0.270 e. The molecule has 0 spiro atoms. The van der Waals surface area contributed by atoms with E-state index in [9.17, 15) is 9.59 Å². The lowest BCUT2D eigenvalue weighted by atomic mass is 10.0. The molecule has 0 radical (unpaired) electrons. The van der Waals surface area contributed by atoms with Gasteiger partial charge in [0, 0.05) is 5.02 Å². The monoisotopic (exact) mass is 680 g/mol. The van der Waals surface area contributed by atoms with Gasteiger partial charge in [0.05, 0.1) is 22.1 Å². The van der Waals surface area contributed by atoms with Crippen LogP contribution in [0.15, 0.2) is 103 Å². The zero-order valence-electron chi connectivity index (χ0n) is 21.2. The number of nitrogens with zero attached hydrogens (tertiary/aromatic N) is 2. The highest BCUT2D eigenvalue weighted by Gasteiger charge is 2.41. The van der Waals surface area contributed by atoms with Crippen molar-refractivity contribution >= 4 is 80.8 Å². The molecule has 0 bridgehead atoms. The van der Waals surface area contributed by atoms with Crippen LogP contribution in [-0.4, -0.2) is 24.0 Å². The van der Waals surface area contributed by atoms with Crippen LogP contribution in [0.25, 0.3) is 6.08 Å². The molecular weight excluding hydrogens is 659 g/mol. The third kappa shape index (κ3) is 5.74. The highest BCUT2D eigenvalue weighted by atomic mass is 127. The van der Waals surface area contributed by atoms with E-state index in [1.165, 1.54) is 16.9 Å². The number of carbonyl (C=O) groups is 2. The molecule has 0 aliphatic carbocycles. The lowest BCUT2D eigenvalue weighted by molar-refractivity contribution is -0.120. The molecule has 1 heterocycles. The maximum absolute atomic E-state index is 13.8. The van der Waals surface area contributed by atoms with Crippen molar-refractivity contribution in [2.75, 3.05) is 16.9 Å². The summed E-state index contributed by atoms with van der Waals surface area (Å²) >= 11 is 13.9. The van der Waals surface area contributed by atoms with E-state index >= 15 is 0 Å². The number of hydrogen-bond donors (Lipinski definition) is 0. The molecule has 40 heavy (non-hydrogen) atoms. The predicted molar refractivity (Wildman–Crippen MR) is 170 cm³/mol. The van der Waals surface area contributed by atoms with Gasteiger partial charge in [-0.15, -0.1) is 0 Å². The van der Waals surface area contributed by atoms with E-state index in [0.29, 0.717) is 40.1 Å². The summed E-state index contributed by atoms with van der Waals surface area (Å²) < 4.78 is 12.4. The Hall–Kier alpha value is -3.73. The Labute approximate surface area is 255 Å². The number of anilines is 2. The van der Waals surface area contributed by atoms with Crippen molar-refractivity contribution in [3.05, 3.63) is 122 Å². The molecule has 0 atom stereocenters. The fourth-order valence-electron chi connectivity index (χ4n) is 4.25. The summed E-state index contributed by atoms with van der Waals surface area (Å²) in [5.41, 5.74) is 2.60. The molecule has 0 N–H and O–H groups in total. The Bertz CT molecular complexity index is 1570. The van der Waals surface area contributed by atoms with Gasteiger partial charge in [-0.1, -0.05) is 60.1 Å². The first-order valence-corrected chi connectivity index (χ1v) is 14.0. The summed E-state index contributed by atoms with van der Waals surface area (Å²) in [6.45, 7) is 0.292. The molecule has 0 unspecified atom stereocenters. The fraction of sp³-hybridized carbons (Fsp3) is 0.0645. The standard InChI is InChI=1S/C31H22ClIN2O4S/c1-38-27-18-21(17-26(33)28(27)39-19-20-9-8-10-22(32)15-20)16-25-29(36)34(23-11-4-2-5-12-23)31(40)35(30(25)37)24-13-6-3-7-14-24/h2-18H,19H2,1H3. The van der Waals surface area contributed by atoms with Gasteiger partial charge < -0.3 is 9.47 Å². The fourth-order valence-corrected chi connectivity index (χ4v) is 5.62. The number of rotatable bonds is 7. The second kappa shape index (κ2) is 12.2. The lowest BCUT2D eigenvalue weighted by Gasteiger charge is -2.36. The molecule has 1 aliphatic rings. The number of para-hydroxylation sites is 2. The van der Waals surface area contributed by atoms with Gasteiger partial charge in [-0.05, 0) is 101 Å². The van der Waals surface area contributed by atoms with Gasteiger partial charge in [0.2, 0.25) is 0 Å². The predicted octanol–water partition coefficient (Wildman–Crippen LogP) is 7.28. The van der Waals surface area contributed by atoms with Crippen LogP contribution < -0.4 is 19.3 Å². The number of carbonyl (C=O) groups excluding carboxylic acids is 2. The maximum Gasteiger partial charge on any atom is 0.270 e. The number of thiocarbonyl (C=S) groups is 1. The largest absolute Gasteiger partial charge is 0.493 e. The zero-order chi connectivity index (χ0) is 28.2. The molecular formula is C31H22ClIN2O4S. The molecule has 1 aliphatic heterocycles. The molecule has 1 fully saturated rings. The van der Waals surface area contributed by atoms with Crippen LogP contribution >= 0.6 is 46.4 Å². The highest BCUT2D eigenvalue weighted by molar-refractivity contribution is 14.1. The van der Waals surface area contributed by atoms with Gasteiger partial charge in [-0.25, -0.2) is 0 Å². The summed E-state index contributed by atoms with van der Waals surface area (Å²) in [7, 11) is 1.54. The third-order valence-electron chi connectivity index (χ3n) is 6.11. The quantitative estimate of drug-likeness (QED) is 0.0889. The number of ether oxygens (including phenoxy) is 2. The van der Waals surface area contributed by atoms with Crippen molar-refractivity contribution in [1.82, 2.24) is 0 Å². The van der Waals surface area contributed by atoms with Crippen molar-refractivity contribution in [3.8, 4) is 11.5 Å². The number of methoxy groups -OCH3 is 1. The Morgan fingerprint density at radius 1 is 0.850 bits per heavy atom. The average molecular weight is 681 g/mol. The van der Waals surface area contributed by atoms with Crippen LogP contribution in [0.1, 0.15) is 11.1 Å². The molecule has 6 nitrogen and oxygen atoms in total. The van der Waals surface area contributed by atoms with E-state index in [1.54, 1.807) is 42.5 Å². The van der Waals surface area contributed by atoms with Gasteiger partial charge in [0.15, 0.2) is 16.6 Å². The first-order chi connectivity index (χ1) is 19.4. The Balaban J connectivity index is 1.54. The van der Waals surface area contributed by atoms with Crippen LogP contribution in [0.3, 0.4) is 0 Å². The van der Waals surface area contributed by atoms with E-state index in [4.69, 9.17) is 33.3 Å². The number of halogens is 2. The van der Waals surface area contributed by atoms with E-state index in [1.807, 2.05) is 60.7 Å². The molecule has 5 rings (SSSR count). The number of amides is 2. The third-order valence-corrected chi connectivity index (χ3v) is 7.51. The van der Waals surface area contributed by atoms with E-state index < -0.39 is 11.8 Å². The number of benzene rings is 4. The van der Waals surface area contributed by atoms with Gasteiger partial charge in [-0.2, -0.15) is 0 Å². The molecule has 1 saturated heterocycles. The van der Waals surface area contributed by atoms with Crippen molar-refractivity contribution in [3.63, 3.8) is 0 Å². The Morgan fingerprint density at radius 2 is 1.45 bits per heavy atom. The first-order valence-electron chi connectivity index (χ1n) is 12.2. The van der Waals surface area contributed by atoms with Gasteiger partial charge in [0.1, 0.15) is 12.2 Å². The van der Waals surface area contributed by atoms with Crippen molar-refractivity contribution in [2.45, 2.75) is 6.61 Å². The minimum absolute atomic E-state index is 0.0354. The van der Waals surface area contributed by atoms with Crippen LogP contribution in [0.4, 0.5) is 11.4 Å². The minimum Gasteiger partial charge on any atom is -0.493 e. The molecule has 0 aromatic heterocycles. The second-order valence-electron chi connectivity index (χ2n) is 8.75. The van der Waals surface area contributed by atoms with Crippen molar-refractivity contribution < 1.29 is 19.1 Å². The molecule has 4 aromatic rings. The maximum atomic E-state index is 13.8. The summed E-state index contributed by atoms with van der Waals surface area (Å²) in [6, 6.07) is 29.0. The molecule has 4 aromatic carbocycles. The van der Waals surface area contributed by atoms with Crippen LogP contribution in [0.5, 0.6) is 11.5 Å². The average Bonchev–Trinajstić information content (AvgIpc) is 2.96. The first kappa shape index (κ1) is 27.8. The summed E-state index contributed by atoms with van der Waals surface area (Å²) in [5.74, 6) is -0.0105. The SMILES string of the molecule is COc1cc(C=C2C(=O)N(c3ccccc3)C(=S)N(c3ccccc3)C2=O)cc(I)c1OCc1cccc(Cl)c1. The van der Waals surface area contributed by atoms with Crippen LogP contribution in [0, 0.1) is 3.57 Å². The van der Waals surface area contributed by atoms with E-state index in [2.05, 4.69) is 22.6 Å². The van der Waals surface area contributed by atoms with E-state index in [-0.39, 0.29) is 10.7 Å². The van der Waals surface area contributed by atoms with Crippen molar-refractivity contribution in [2.24, 2.45) is 0 Å². The summed E-state index contributed by atoms with van der Waals surface area (Å²) in [6.07, 6.45) is 1.56. The lowest BCUT2D eigenvalue weighted by Crippen LogP contribution is -2.56. The summed E-state index contributed by atoms with van der Waals surface area (Å²) in [4.78, 5) is 30.3. The zero-order valence-corrected chi connectivity index (χ0v) is 24.9. The Kier molecular flexibility index (Phi) is 8.49. The molecule has 200 valence electrons. The second-order valence-corrected chi connectivity index (χ2v) is 10.7. The minimum atomic E-state index is -0.511. The van der Waals surface area contributed by atoms with E-state index in [0.717, 1.165) is 9.13 Å². The van der Waals surface area contributed by atoms with Gasteiger partial charge in [-0.3, -0.25) is 19.4 Å². The highest BCUT2D eigenvalue weighted by Crippen LogP contribution is 2.36. The Morgan fingerprint density at radius 3 is 2.00 bits per heavy atom.